The van der Waals surface area contributed by atoms with Gasteiger partial charge < -0.3 is 10.1 Å². The first-order valence-electron chi connectivity index (χ1n) is 7.32. The van der Waals surface area contributed by atoms with Gasteiger partial charge in [0.2, 0.25) is 0 Å². The molecule has 6 nitrogen and oxygen atoms in total. The molecule has 0 saturated carbocycles. The van der Waals surface area contributed by atoms with E-state index in [0.717, 1.165) is 11.3 Å². The molecule has 120 valence electrons. The molecular weight excluding hydrogens is 306 g/mol. The van der Waals surface area contributed by atoms with Crippen LogP contribution in [0.2, 0.25) is 0 Å². The van der Waals surface area contributed by atoms with E-state index in [9.17, 15) is 9.59 Å². The van der Waals surface area contributed by atoms with Crippen LogP contribution in [0.25, 0.3) is 0 Å². The van der Waals surface area contributed by atoms with Crippen LogP contribution < -0.4 is 15.6 Å². The Hall–Kier alpha value is -3.41. The third kappa shape index (κ3) is 3.86. The van der Waals surface area contributed by atoms with Gasteiger partial charge in [0.05, 0.1) is 0 Å². The standard InChI is InChI=1S/C18H15N3O3/c1-12-3-2-4-15(11-12)24-14-7-5-13(6-8-14)19-18(23)16-9-10-17(22)21-20-16/h2-11H,1H3,(H,19,23)(H,21,22). The summed E-state index contributed by atoms with van der Waals surface area (Å²) < 4.78 is 5.75. The number of H-pyrrole nitrogens is 1. The Morgan fingerprint density at radius 2 is 1.83 bits per heavy atom. The molecule has 24 heavy (non-hydrogen) atoms. The molecule has 3 rings (SSSR count). The van der Waals surface area contributed by atoms with Crippen molar-refractivity contribution in [3.8, 4) is 11.5 Å². The number of benzene rings is 2. The SMILES string of the molecule is Cc1cccc(Oc2ccc(NC(=O)c3ccc(=O)[nH]n3)cc2)c1. The van der Waals surface area contributed by atoms with Crippen LogP contribution >= 0.6 is 0 Å². The largest absolute Gasteiger partial charge is 0.457 e. The Morgan fingerprint density at radius 1 is 1.04 bits per heavy atom. The number of carbonyl (C=O) groups is 1. The lowest BCUT2D eigenvalue weighted by Crippen LogP contribution is -2.17. The van der Waals surface area contributed by atoms with Gasteiger partial charge in [0.25, 0.3) is 11.5 Å². The number of hydrogen-bond donors (Lipinski definition) is 2. The quantitative estimate of drug-likeness (QED) is 0.773. The first kappa shape index (κ1) is 15.5. The van der Waals surface area contributed by atoms with Crippen LogP contribution in [-0.4, -0.2) is 16.1 Å². The Balaban J connectivity index is 1.67. The highest BCUT2D eigenvalue weighted by molar-refractivity contribution is 6.02. The molecule has 1 heterocycles. The molecule has 1 aromatic heterocycles. The zero-order chi connectivity index (χ0) is 16.9. The van der Waals surface area contributed by atoms with Gasteiger partial charge in [-0.2, -0.15) is 5.10 Å². The predicted octanol–water partition coefficient (Wildman–Crippen LogP) is 3.12. The molecule has 0 aliphatic rings. The van der Waals surface area contributed by atoms with Crippen molar-refractivity contribution in [1.82, 2.24) is 10.2 Å². The van der Waals surface area contributed by atoms with Crippen molar-refractivity contribution in [2.24, 2.45) is 0 Å². The minimum Gasteiger partial charge on any atom is -0.457 e. The molecule has 6 heteroatoms. The molecule has 2 aromatic carbocycles. The normalized spacial score (nSPS) is 10.2. The fraction of sp³-hybridized carbons (Fsp3) is 0.0556. The number of aromatic nitrogens is 2. The van der Waals surface area contributed by atoms with Crippen LogP contribution in [-0.2, 0) is 0 Å². The fourth-order valence-electron chi connectivity index (χ4n) is 2.09. The number of anilines is 1. The number of nitrogens with zero attached hydrogens (tertiary/aromatic N) is 1. The summed E-state index contributed by atoms with van der Waals surface area (Å²) in [6.45, 7) is 2.00. The van der Waals surface area contributed by atoms with Crippen molar-refractivity contribution in [3.05, 3.63) is 82.3 Å². The van der Waals surface area contributed by atoms with E-state index >= 15 is 0 Å². The van der Waals surface area contributed by atoms with Crippen LogP contribution in [0.3, 0.4) is 0 Å². The summed E-state index contributed by atoms with van der Waals surface area (Å²) in [5, 5.41) is 8.60. The van der Waals surface area contributed by atoms with E-state index in [2.05, 4.69) is 15.5 Å². The van der Waals surface area contributed by atoms with Crippen LogP contribution in [0.15, 0.2) is 65.5 Å². The molecule has 0 bridgehead atoms. The number of ether oxygens (including phenoxy) is 1. The molecule has 3 aromatic rings. The van der Waals surface area contributed by atoms with E-state index in [1.54, 1.807) is 24.3 Å². The average Bonchev–Trinajstić information content (AvgIpc) is 2.57. The summed E-state index contributed by atoms with van der Waals surface area (Å²) in [5.74, 6) is 1.02. The summed E-state index contributed by atoms with van der Waals surface area (Å²) in [4.78, 5) is 23.0. The zero-order valence-corrected chi connectivity index (χ0v) is 12.9. The third-order valence-corrected chi connectivity index (χ3v) is 3.25. The van der Waals surface area contributed by atoms with Gasteiger partial charge in [-0.05, 0) is 55.0 Å². The Morgan fingerprint density at radius 3 is 2.50 bits per heavy atom. The number of hydrogen-bond acceptors (Lipinski definition) is 4. The van der Waals surface area contributed by atoms with Gasteiger partial charge in [0.15, 0.2) is 0 Å². The van der Waals surface area contributed by atoms with E-state index in [1.807, 2.05) is 31.2 Å². The van der Waals surface area contributed by atoms with Crippen molar-refractivity contribution in [3.63, 3.8) is 0 Å². The maximum Gasteiger partial charge on any atom is 0.276 e. The smallest absolute Gasteiger partial charge is 0.276 e. The summed E-state index contributed by atoms with van der Waals surface area (Å²) in [7, 11) is 0. The second-order valence-electron chi connectivity index (χ2n) is 5.20. The number of amides is 1. The molecule has 1 amide bonds. The third-order valence-electron chi connectivity index (χ3n) is 3.25. The number of aromatic amines is 1. The Kier molecular flexibility index (Phi) is 4.38. The average molecular weight is 321 g/mol. The molecule has 2 N–H and O–H groups in total. The highest BCUT2D eigenvalue weighted by atomic mass is 16.5. The maximum atomic E-state index is 12.0. The second kappa shape index (κ2) is 6.78. The highest BCUT2D eigenvalue weighted by Gasteiger charge is 2.08. The van der Waals surface area contributed by atoms with Crippen molar-refractivity contribution < 1.29 is 9.53 Å². The van der Waals surface area contributed by atoms with Crippen LogP contribution in [0, 0.1) is 6.92 Å². The van der Waals surface area contributed by atoms with Crippen LogP contribution in [0.1, 0.15) is 16.1 Å². The lowest BCUT2D eigenvalue weighted by Gasteiger charge is -2.08. The molecule has 0 aliphatic carbocycles. The monoisotopic (exact) mass is 321 g/mol. The van der Waals surface area contributed by atoms with E-state index in [-0.39, 0.29) is 11.3 Å². The van der Waals surface area contributed by atoms with E-state index in [1.165, 1.54) is 12.1 Å². The molecule has 0 fully saturated rings. The second-order valence-corrected chi connectivity index (χ2v) is 5.20. The minimum atomic E-state index is -0.404. The van der Waals surface area contributed by atoms with E-state index in [0.29, 0.717) is 11.4 Å². The number of nitrogens with one attached hydrogen (secondary N) is 2. The van der Waals surface area contributed by atoms with Gasteiger partial charge in [-0.15, -0.1) is 0 Å². The number of rotatable bonds is 4. The fourth-order valence-corrected chi connectivity index (χ4v) is 2.09. The summed E-state index contributed by atoms with van der Waals surface area (Å²) in [6.07, 6.45) is 0. The van der Waals surface area contributed by atoms with Crippen LogP contribution in [0.4, 0.5) is 5.69 Å². The molecule has 0 radical (unpaired) electrons. The van der Waals surface area contributed by atoms with Crippen molar-refractivity contribution in [1.29, 1.82) is 0 Å². The summed E-state index contributed by atoms with van der Waals surface area (Å²) >= 11 is 0. The number of carbonyl (C=O) groups excluding carboxylic acids is 1. The van der Waals surface area contributed by atoms with Gasteiger partial charge in [0.1, 0.15) is 17.2 Å². The topological polar surface area (TPSA) is 84.1 Å². The Labute approximate surface area is 138 Å². The van der Waals surface area contributed by atoms with Crippen LogP contribution in [0.5, 0.6) is 11.5 Å². The summed E-state index contributed by atoms with van der Waals surface area (Å²) in [6, 6.07) is 17.3. The van der Waals surface area contributed by atoms with Crippen molar-refractivity contribution >= 4 is 11.6 Å². The lowest BCUT2D eigenvalue weighted by molar-refractivity contribution is 0.102. The van der Waals surface area contributed by atoms with Gasteiger partial charge in [-0.1, -0.05) is 12.1 Å². The minimum absolute atomic E-state index is 0.134. The summed E-state index contributed by atoms with van der Waals surface area (Å²) in [5.41, 5.74) is 1.49. The highest BCUT2D eigenvalue weighted by Crippen LogP contribution is 2.23. The molecule has 0 spiro atoms. The maximum absolute atomic E-state index is 12.0. The van der Waals surface area contributed by atoms with Gasteiger partial charge in [-0.3, -0.25) is 9.59 Å². The van der Waals surface area contributed by atoms with Gasteiger partial charge >= 0.3 is 0 Å². The molecule has 0 unspecified atom stereocenters. The van der Waals surface area contributed by atoms with Gasteiger partial charge in [-0.25, -0.2) is 5.10 Å². The lowest BCUT2D eigenvalue weighted by atomic mass is 10.2. The van der Waals surface area contributed by atoms with Gasteiger partial charge in [0, 0.05) is 11.8 Å². The van der Waals surface area contributed by atoms with E-state index < -0.39 is 5.91 Å². The zero-order valence-electron chi connectivity index (χ0n) is 12.9. The molecule has 0 saturated heterocycles. The number of aryl methyl sites for hydroxylation is 1. The molecular formula is C18H15N3O3. The molecule has 0 aliphatic heterocycles. The molecule has 0 atom stereocenters. The van der Waals surface area contributed by atoms with Crippen molar-refractivity contribution in [2.45, 2.75) is 6.92 Å². The predicted molar refractivity (Wildman–Crippen MR) is 90.5 cm³/mol. The van der Waals surface area contributed by atoms with Crippen molar-refractivity contribution in [2.75, 3.05) is 5.32 Å². The first-order chi connectivity index (χ1) is 11.6. The Bertz CT molecular complexity index is 897. The first-order valence-corrected chi connectivity index (χ1v) is 7.32. The van der Waals surface area contributed by atoms with E-state index in [4.69, 9.17) is 4.74 Å².